The molecule has 4 aromatic carbocycles. The van der Waals surface area contributed by atoms with Crippen molar-refractivity contribution < 1.29 is 35.5 Å². The van der Waals surface area contributed by atoms with Gasteiger partial charge in [0.2, 0.25) is 0 Å². The van der Waals surface area contributed by atoms with Crippen molar-refractivity contribution in [3.05, 3.63) is 152 Å². The van der Waals surface area contributed by atoms with E-state index in [4.69, 9.17) is 32.7 Å². The number of hydrogen-bond donors (Lipinski definition) is 0. The van der Waals surface area contributed by atoms with Crippen molar-refractivity contribution in [2.45, 2.75) is 24.3 Å². The first kappa shape index (κ1) is 34.5. The Bertz CT molecular complexity index is 2090. The molecule has 49 heavy (non-hydrogen) atoms. The highest BCUT2D eigenvalue weighted by molar-refractivity contribution is 7.89. The lowest BCUT2D eigenvalue weighted by Gasteiger charge is -2.15. The first-order valence-corrected chi connectivity index (χ1v) is 17.6. The molecular formula is C38H28Cl2F4O4S. The van der Waals surface area contributed by atoms with E-state index in [9.17, 15) is 8.42 Å². The quantitative estimate of drug-likeness (QED) is 0.153. The third-order valence-electron chi connectivity index (χ3n) is 8.40. The fourth-order valence-corrected chi connectivity index (χ4v) is 7.96. The minimum Gasteiger partial charge on any atom is -0.495 e. The summed E-state index contributed by atoms with van der Waals surface area (Å²) in [5.41, 5.74) is 2.53. The number of methoxy groups -OCH3 is 2. The van der Waals surface area contributed by atoms with Crippen LogP contribution in [0.2, 0.25) is 10.0 Å². The average Bonchev–Trinajstić information content (AvgIpc) is 3.75. The van der Waals surface area contributed by atoms with Gasteiger partial charge in [0, 0.05) is 22.3 Å². The molecule has 6 rings (SSSR count). The minimum atomic E-state index is -4.28. The summed E-state index contributed by atoms with van der Waals surface area (Å²) in [6, 6.07) is 13.7. The maximum absolute atomic E-state index is 15.5. The molecule has 0 amide bonds. The molecule has 252 valence electrons. The molecule has 0 N–H and O–H groups in total. The third-order valence-corrected chi connectivity index (χ3v) is 10.5. The van der Waals surface area contributed by atoms with Gasteiger partial charge in [-0.05, 0) is 94.8 Å². The van der Waals surface area contributed by atoms with Crippen LogP contribution in [0.5, 0.6) is 11.5 Å². The van der Waals surface area contributed by atoms with E-state index in [0.717, 1.165) is 24.3 Å². The summed E-state index contributed by atoms with van der Waals surface area (Å²) in [4.78, 5) is 0. The highest BCUT2D eigenvalue weighted by Crippen LogP contribution is 2.42. The van der Waals surface area contributed by atoms with Gasteiger partial charge >= 0.3 is 0 Å². The monoisotopic (exact) mass is 726 g/mol. The highest BCUT2D eigenvalue weighted by Gasteiger charge is 2.26. The summed E-state index contributed by atoms with van der Waals surface area (Å²) < 4.78 is 98.7. The number of hydrogen-bond acceptors (Lipinski definition) is 4. The van der Waals surface area contributed by atoms with Crippen LogP contribution in [-0.4, -0.2) is 22.6 Å². The number of rotatable bonds is 10. The lowest BCUT2D eigenvalue weighted by molar-refractivity contribution is 0.415. The molecule has 0 unspecified atom stereocenters. The molecule has 2 aliphatic rings. The van der Waals surface area contributed by atoms with Crippen LogP contribution >= 0.6 is 23.2 Å². The molecule has 0 bridgehead atoms. The van der Waals surface area contributed by atoms with Gasteiger partial charge in [-0.15, -0.1) is 0 Å². The first-order valence-electron chi connectivity index (χ1n) is 15.0. The van der Waals surface area contributed by atoms with Gasteiger partial charge in [0.05, 0.1) is 35.8 Å². The van der Waals surface area contributed by atoms with Crippen LogP contribution in [0.4, 0.5) is 17.6 Å². The standard InChI is InChI=1S/C38H28Cl2F4O4S/c1-47-37-15-21(9-11-31(37)39)25-5-3-7-27(25)29-17-33(41)23(13-35(29)43)19-49(45,46)20-24-14-36(44)30(18-34(24)42)28-8-4-6-26(28)22-10-12-32(40)38(16-22)48-2/h5-18H,3-4,19-20H2,1-2H3. The van der Waals surface area contributed by atoms with Gasteiger partial charge in [-0.2, -0.15) is 0 Å². The predicted molar refractivity (Wildman–Crippen MR) is 186 cm³/mol. The van der Waals surface area contributed by atoms with E-state index in [1.165, 1.54) is 14.2 Å². The predicted octanol–water partition coefficient (Wildman–Crippen LogP) is 10.4. The second-order valence-electron chi connectivity index (χ2n) is 11.5. The van der Waals surface area contributed by atoms with Crippen LogP contribution < -0.4 is 9.47 Å². The maximum atomic E-state index is 15.5. The lowest BCUT2D eigenvalue weighted by atomic mass is 9.93. The van der Waals surface area contributed by atoms with Gasteiger partial charge in [-0.1, -0.05) is 59.6 Å². The van der Waals surface area contributed by atoms with Crippen molar-refractivity contribution in [2.24, 2.45) is 0 Å². The van der Waals surface area contributed by atoms with Crippen molar-refractivity contribution in [1.82, 2.24) is 0 Å². The molecule has 0 atom stereocenters. The Morgan fingerprint density at radius 1 is 0.571 bits per heavy atom. The van der Waals surface area contributed by atoms with Crippen LogP contribution in [0.15, 0.2) is 85.0 Å². The molecule has 4 aromatic rings. The summed E-state index contributed by atoms with van der Waals surface area (Å²) in [5.74, 6) is -4.58. The zero-order valence-electron chi connectivity index (χ0n) is 26.2. The Morgan fingerprint density at radius 2 is 0.959 bits per heavy atom. The molecule has 0 fully saturated rings. The van der Waals surface area contributed by atoms with Crippen LogP contribution in [0.1, 0.15) is 46.2 Å². The Balaban J connectivity index is 1.21. The van der Waals surface area contributed by atoms with Crippen molar-refractivity contribution in [1.29, 1.82) is 0 Å². The lowest BCUT2D eigenvalue weighted by Crippen LogP contribution is -2.12. The van der Waals surface area contributed by atoms with Crippen LogP contribution in [0.25, 0.3) is 22.3 Å². The number of ether oxygens (including phenoxy) is 2. The zero-order chi connectivity index (χ0) is 35.0. The van der Waals surface area contributed by atoms with E-state index in [0.29, 0.717) is 67.8 Å². The summed E-state index contributed by atoms with van der Waals surface area (Å²) in [7, 11) is -1.34. The smallest absolute Gasteiger partial charge is 0.158 e. The SMILES string of the molecule is COc1cc(C2=CCC=C2c2cc(F)c(CS(=O)(=O)Cc3cc(F)c(C4=CCC=C4c4ccc(Cl)c(OC)c4)cc3F)cc2F)ccc1Cl. The Hall–Kier alpha value is -4.31. The first-order chi connectivity index (χ1) is 23.4. The van der Waals surface area contributed by atoms with Crippen molar-refractivity contribution in [2.75, 3.05) is 14.2 Å². The highest BCUT2D eigenvalue weighted by atomic mass is 35.5. The Kier molecular flexibility index (Phi) is 9.80. The largest absolute Gasteiger partial charge is 0.495 e. The Labute approximate surface area is 291 Å². The fraction of sp³-hybridized carbons (Fsp3) is 0.158. The molecule has 0 aliphatic heterocycles. The number of allylic oxidation sites excluding steroid dienone is 8. The van der Waals surface area contributed by atoms with E-state index in [1.54, 1.807) is 48.6 Å². The van der Waals surface area contributed by atoms with Crippen molar-refractivity contribution >= 4 is 55.3 Å². The average molecular weight is 728 g/mol. The van der Waals surface area contributed by atoms with Crippen molar-refractivity contribution in [3.8, 4) is 11.5 Å². The van der Waals surface area contributed by atoms with Gasteiger partial charge in [0.25, 0.3) is 0 Å². The third kappa shape index (κ3) is 7.06. The van der Waals surface area contributed by atoms with E-state index in [-0.39, 0.29) is 11.1 Å². The topological polar surface area (TPSA) is 52.6 Å². The fourth-order valence-electron chi connectivity index (χ4n) is 6.08. The maximum Gasteiger partial charge on any atom is 0.158 e. The van der Waals surface area contributed by atoms with Gasteiger partial charge in [0.1, 0.15) is 34.8 Å². The van der Waals surface area contributed by atoms with E-state index in [2.05, 4.69) is 0 Å². The number of halogens is 6. The molecule has 0 spiro atoms. The molecule has 0 heterocycles. The molecule has 0 aromatic heterocycles. The molecular weight excluding hydrogens is 699 g/mol. The summed E-state index contributed by atoms with van der Waals surface area (Å²) >= 11 is 12.3. The molecule has 11 heteroatoms. The molecule has 4 nitrogen and oxygen atoms in total. The second-order valence-corrected chi connectivity index (χ2v) is 14.4. The summed E-state index contributed by atoms with van der Waals surface area (Å²) in [6.07, 6.45) is 8.11. The second kappa shape index (κ2) is 13.9. The van der Waals surface area contributed by atoms with Crippen LogP contribution in [-0.2, 0) is 21.3 Å². The molecule has 0 saturated heterocycles. The minimum absolute atomic E-state index is 0.0494. The summed E-state index contributed by atoms with van der Waals surface area (Å²) in [6.45, 7) is 0. The van der Waals surface area contributed by atoms with E-state index < -0.39 is 55.7 Å². The Morgan fingerprint density at radius 3 is 1.35 bits per heavy atom. The molecule has 0 radical (unpaired) electrons. The zero-order valence-corrected chi connectivity index (χ0v) is 28.5. The van der Waals surface area contributed by atoms with Gasteiger partial charge in [-0.25, -0.2) is 26.0 Å². The normalized spacial score (nSPS) is 14.4. The summed E-state index contributed by atoms with van der Waals surface area (Å²) in [5, 5.41) is 0.787. The van der Waals surface area contributed by atoms with Gasteiger partial charge < -0.3 is 9.47 Å². The number of benzene rings is 4. The van der Waals surface area contributed by atoms with E-state index in [1.807, 2.05) is 12.2 Å². The van der Waals surface area contributed by atoms with Crippen LogP contribution in [0, 0.1) is 23.3 Å². The van der Waals surface area contributed by atoms with E-state index >= 15 is 17.6 Å². The van der Waals surface area contributed by atoms with Gasteiger partial charge in [-0.3, -0.25) is 0 Å². The van der Waals surface area contributed by atoms with Crippen molar-refractivity contribution in [3.63, 3.8) is 0 Å². The molecule has 0 saturated carbocycles. The molecule has 2 aliphatic carbocycles. The van der Waals surface area contributed by atoms with Crippen LogP contribution in [0.3, 0.4) is 0 Å². The van der Waals surface area contributed by atoms with Gasteiger partial charge in [0.15, 0.2) is 9.84 Å². The number of sulfone groups is 1.